The monoisotopic (exact) mass is 312 g/mol. The number of halogens is 2. The van der Waals surface area contributed by atoms with Gasteiger partial charge in [0.1, 0.15) is 12.4 Å². The van der Waals surface area contributed by atoms with Gasteiger partial charge in [-0.2, -0.15) is 0 Å². The summed E-state index contributed by atoms with van der Waals surface area (Å²) in [6.45, 7) is 1.27. The van der Waals surface area contributed by atoms with E-state index in [-0.39, 0.29) is 29.4 Å². The number of amides is 2. The Morgan fingerprint density at radius 2 is 2.05 bits per heavy atom. The van der Waals surface area contributed by atoms with E-state index in [1.54, 1.807) is 0 Å². The molecular weight excluding hydrogens is 295 g/mol. The van der Waals surface area contributed by atoms with Gasteiger partial charge in [-0.25, -0.2) is 4.39 Å². The summed E-state index contributed by atoms with van der Waals surface area (Å²) >= 11 is 5.72. The van der Waals surface area contributed by atoms with Crippen LogP contribution in [0.15, 0.2) is 18.2 Å². The van der Waals surface area contributed by atoms with Crippen LogP contribution in [0.4, 0.5) is 10.1 Å². The van der Waals surface area contributed by atoms with Crippen molar-refractivity contribution in [3.8, 4) is 0 Å². The highest BCUT2D eigenvalue weighted by atomic mass is 35.5. The van der Waals surface area contributed by atoms with E-state index in [1.165, 1.54) is 30.0 Å². The van der Waals surface area contributed by atoms with Crippen molar-refractivity contribution in [1.29, 1.82) is 0 Å². The molecule has 0 spiro atoms. The van der Waals surface area contributed by atoms with Gasteiger partial charge in [0.25, 0.3) is 0 Å². The number of nitrogens with zero attached hydrogens (tertiary/aromatic N) is 1. The number of benzene rings is 1. The average molecular weight is 313 g/mol. The first-order valence-corrected chi connectivity index (χ1v) is 7.37. The first-order chi connectivity index (χ1) is 9.97. The van der Waals surface area contributed by atoms with Crippen molar-refractivity contribution in [2.24, 2.45) is 0 Å². The minimum atomic E-state index is -0.556. The van der Waals surface area contributed by atoms with Crippen LogP contribution in [0.2, 0.25) is 5.02 Å². The van der Waals surface area contributed by atoms with Crippen LogP contribution in [0.25, 0.3) is 0 Å². The van der Waals surface area contributed by atoms with E-state index in [0.717, 1.165) is 25.7 Å². The summed E-state index contributed by atoms with van der Waals surface area (Å²) < 4.78 is 13.2. The molecule has 21 heavy (non-hydrogen) atoms. The molecule has 1 aliphatic rings. The van der Waals surface area contributed by atoms with Gasteiger partial charge in [0.15, 0.2) is 0 Å². The first-order valence-electron chi connectivity index (χ1n) is 7.00. The van der Waals surface area contributed by atoms with Crippen molar-refractivity contribution >= 4 is 29.1 Å². The molecule has 0 unspecified atom stereocenters. The Balaban J connectivity index is 2.06. The molecule has 1 aromatic rings. The summed E-state index contributed by atoms with van der Waals surface area (Å²) in [5, 5.41) is 2.85. The molecule has 1 saturated carbocycles. The molecule has 1 aromatic carbocycles. The van der Waals surface area contributed by atoms with E-state index in [4.69, 9.17) is 11.6 Å². The average Bonchev–Trinajstić information content (AvgIpc) is 2.92. The molecule has 0 bridgehead atoms. The fraction of sp³-hybridized carbons (Fsp3) is 0.467. The lowest BCUT2D eigenvalue weighted by Crippen LogP contribution is -2.43. The number of anilines is 1. The summed E-state index contributed by atoms with van der Waals surface area (Å²) in [5.74, 6) is -1.06. The van der Waals surface area contributed by atoms with E-state index in [0.29, 0.717) is 5.69 Å². The van der Waals surface area contributed by atoms with E-state index in [2.05, 4.69) is 5.32 Å². The van der Waals surface area contributed by atoms with Gasteiger partial charge in [-0.3, -0.25) is 9.59 Å². The van der Waals surface area contributed by atoms with Gasteiger partial charge in [-0.05, 0) is 31.0 Å². The summed E-state index contributed by atoms with van der Waals surface area (Å²) in [7, 11) is 0. The van der Waals surface area contributed by atoms with Crippen molar-refractivity contribution in [1.82, 2.24) is 5.32 Å². The van der Waals surface area contributed by atoms with Crippen molar-refractivity contribution in [3.63, 3.8) is 0 Å². The maximum absolute atomic E-state index is 13.2. The lowest BCUT2D eigenvalue weighted by Gasteiger charge is -2.22. The fourth-order valence-corrected chi connectivity index (χ4v) is 2.70. The van der Waals surface area contributed by atoms with E-state index in [1.807, 2.05) is 0 Å². The maximum Gasteiger partial charge on any atom is 0.240 e. The van der Waals surface area contributed by atoms with Crippen LogP contribution in [0.1, 0.15) is 32.6 Å². The number of hydrogen-bond acceptors (Lipinski definition) is 2. The Hall–Kier alpha value is -1.62. The zero-order valence-electron chi connectivity index (χ0n) is 11.9. The highest BCUT2D eigenvalue weighted by molar-refractivity contribution is 6.31. The number of nitrogens with one attached hydrogen (secondary N) is 1. The van der Waals surface area contributed by atoms with Gasteiger partial charge < -0.3 is 10.2 Å². The second kappa shape index (κ2) is 6.89. The zero-order valence-corrected chi connectivity index (χ0v) is 12.6. The highest BCUT2D eigenvalue weighted by Crippen LogP contribution is 2.23. The summed E-state index contributed by atoms with van der Waals surface area (Å²) in [6.07, 6.45) is 4.20. The Morgan fingerprint density at radius 1 is 1.38 bits per heavy atom. The predicted molar refractivity (Wildman–Crippen MR) is 79.8 cm³/mol. The Kier molecular flexibility index (Phi) is 5.17. The van der Waals surface area contributed by atoms with Crippen LogP contribution in [0, 0.1) is 5.82 Å². The molecule has 0 saturated heterocycles. The molecule has 0 aliphatic heterocycles. The SMILES string of the molecule is CC(=O)N(CC(=O)NC1CCCC1)c1ccc(F)c(Cl)c1. The number of carbonyl (C=O) groups excluding carboxylic acids is 2. The molecule has 0 aromatic heterocycles. The van der Waals surface area contributed by atoms with Gasteiger partial charge in [0.05, 0.1) is 5.02 Å². The largest absolute Gasteiger partial charge is 0.352 e. The minimum absolute atomic E-state index is 0.0741. The predicted octanol–water partition coefficient (Wildman–Crippen LogP) is 2.89. The van der Waals surface area contributed by atoms with Crippen molar-refractivity contribution < 1.29 is 14.0 Å². The summed E-state index contributed by atoms with van der Waals surface area (Å²) in [5.41, 5.74) is 0.412. The number of rotatable bonds is 4. The molecule has 6 heteroatoms. The molecule has 2 rings (SSSR count). The van der Waals surface area contributed by atoms with Crippen LogP contribution in [-0.2, 0) is 9.59 Å². The molecule has 4 nitrogen and oxygen atoms in total. The molecule has 1 N–H and O–H groups in total. The molecule has 1 fully saturated rings. The van der Waals surface area contributed by atoms with E-state index in [9.17, 15) is 14.0 Å². The van der Waals surface area contributed by atoms with E-state index >= 15 is 0 Å². The van der Waals surface area contributed by atoms with Crippen LogP contribution < -0.4 is 10.2 Å². The minimum Gasteiger partial charge on any atom is -0.352 e. The van der Waals surface area contributed by atoms with Gasteiger partial charge in [-0.1, -0.05) is 24.4 Å². The quantitative estimate of drug-likeness (QED) is 0.929. The second-order valence-corrected chi connectivity index (χ2v) is 5.66. The topological polar surface area (TPSA) is 49.4 Å². The van der Waals surface area contributed by atoms with Gasteiger partial charge in [0, 0.05) is 18.7 Å². The highest BCUT2D eigenvalue weighted by Gasteiger charge is 2.21. The van der Waals surface area contributed by atoms with Crippen LogP contribution >= 0.6 is 11.6 Å². The third kappa shape index (κ3) is 4.17. The number of hydrogen-bond donors (Lipinski definition) is 1. The summed E-state index contributed by atoms with van der Waals surface area (Å²) in [4.78, 5) is 25.0. The zero-order chi connectivity index (χ0) is 15.4. The molecule has 114 valence electrons. The standard InChI is InChI=1S/C15H18ClFN2O2/c1-10(20)19(12-6-7-14(17)13(16)8-12)9-15(21)18-11-4-2-3-5-11/h6-8,11H,2-5,9H2,1H3,(H,18,21). The second-order valence-electron chi connectivity index (χ2n) is 5.25. The lowest BCUT2D eigenvalue weighted by molar-refractivity contribution is -0.123. The first kappa shape index (κ1) is 15.8. The smallest absolute Gasteiger partial charge is 0.240 e. The normalized spacial score (nSPS) is 15.0. The van der Waals surface area contributed by atoms with Gasteiger partial charge >= 0.3 is 0 Å². The molecule has 2 amide bonds. The van der Waals surface area contributed by atoms with Crippen LogP contribution in [0.3, 0.4) is 0 Å². The number of carbonyl (C=O) groups is 2. The Labute approximate surface area is 128 Å². The molecule has 0 atom stereocenters. The van der Waals surface area contributed by atoms with Crippen molar-refractivity contribution in [2.45, 2.75) is 38.6 Å². The summed E-state index contributed by atoms with van der Waals surface area (Å²) in [6, 6.07) is 4.16. The van der Waals surface area contributed by atoms with Crippen molar-refractivity contribution in [3.05, 3.63) is 29.0 Å². The Morgan fingerprint density at radius 3 is 2.62 bits per heavy atom. The van der Waals surface area contributed by atoms with E-state index < -0.39 is 5.82 Å². The maximum atomic E-state index is 13.2. The van der Waals surface area contributed by atoms with Gasteiger partial charge in [-0.15, -0.1) is 0 Å². The van der Waals surface area contributed by atoms with Crippen molar-refractivity contribution in [2.75, 3.05) is 11.4 Å². The molecule has 0 radical (unpaired) electrons. The van der Waals surface area contributed by atoms with Gasteiger partial charge in [0.2, 0.25) is 11.8 Å². The lowest BCUT2D eigenvalue weighted by atomic mass is 10.2. The third-order valence-corrected chi connectivity index (χ3v) is 3.91. The van der Waals surface area contributed by atoms with Crippen LogP contribution in [0.5, 0.6) is 0 Å². The van der Waals surface area contributed by atoms with Crippen LogP contribution in [-0.4, -0.2) is 24.4 Å². The third-order valence-electron chi connectivity index (χ3n) is 3.62. The molecule has 1 aliphatic carbocycles. The Bertz CT molecular complexity index is 544. The molecular formula is C15H18ClFN2O2. The fourth-order valence-electron chi connectivity index (χ4n) is 2.52. The molecule has 0 heterocycles.